The molecule has 0 saturated carbocycles. The number of piperidine rings is 1. The predicted molar refractivity (Wildman–Crippen MR) is 91.2 cm³/mol. The Labute approximate surface area is 148 Å². The number of hydrogen-bond acceptors (Lipinski definition) is 8. The molecule has 1 aliphatic rings. The number of methoxy groups -OCH3 is 1. The van der Waals surface area contributed by atoms with Crippen LogP contribution >= 0.6 is 11.3 Å². The van der Waals surface area contributed by atoms with Gasteiger partial charge in [-0.25, -0.2) is 0 Å². The van der Waals surface area contributed by atoms with E-state index >= 15 is 0 Å². The van der Waals surface area contributed by atoms with Gasteiger partial charge in [-0.1, -0.05) is 11.3 Å². The third kappa shape index (κ3) is 3.85. The zero-order valence-electron chi connectivity index (χ0n) is 13.9. The first-order chi connectivity index (χ1) is 12.1. The van der Waals surface area contributed by atoms with Crippen LogP contribution in [-0.2, 0) is 26.3 Å². The van der Waals surface area contributed by atoms with E-state index in [1.54, 1.807) is 10.9 Å². The number of carbonyl (C=O) groups is 2. The van der Waals surface area contributed by atoms with Crippen LogP contribution in [0.2, 0.25) is 0 Å². The lowest BCUT2D eigenvalue weighted by Crippen LogP contribution is -2.52. The van der Waals surface area contributed by atoms with Crippen LogP contribution in [0.4, 0.5) is 5.13 Å². The largest absolute Gasteiger partial charge is 0.469 e. The van der Waals surface area contributed by atoms with E-state index in [0.29, 0.717) is 29.4 Å². The molecule has 3 heterocycles. The van der Waals surface area contributed by atoms with Gasteiger partial charge in [-0.05, 0) is 32.0 Å². The Morgan fingerprint density at radius 1 is 1.40 bits per heavy atom. The summed E-state index contributed by atoms with van der Waals surface area (Å²) >= 11 is 1.27. The first-order valence-corrected chi connectivity index (χ1v) is 8.87. The number of anilines is 1. The summed E-state index contributed by atoms with van der Waals surface area (Å²) in [5.74, 6) is -0.443. The number of amides is 1. The van der Waals surface area contributed by atoms with E-state index in [9.17, 15) is 9.59 Å². The summed E-state index contributed by atoms with van der Waals surface area (Å²) in [7, 11) is 1.35. The van der Waals surface area contributed by atoms with Crippen molar-refractivity contribution in [3.05, 3.63) is 23.5 Å². The molecule has 10 heteroatoms. The van der Waals surface area contributed by atoms with Crippen molar-refractivity contribution in [3.63, 3.8) is 0 Å². The molecule has 2 aromatic heterocycles. The van der Waals surface area contributed by atoms with E-state index in [1.807, 2.05) is 12.3 Å². The van der Waals surface area contributed by atoms with Gasteiger partial charge in [-0.2, -0.15) is 5.10 Å². The molecule has 9 nitrogen and oxygen atoms in total. The molecule has 1 fully saturated rings. The molecule has 0 atom stereocenters. The van der Waals surface area contributed by atoms with Gasteiger partial charge in [0.25, 0.3) is 5.91 Å². The summed E-state index contributed by atoms with van der Waals surface area (Å²) in [5, 5.41) is 19.5. The number of aromatic nitrogens is 4. The Morgan fingerprint density at radius 2 is 2.20 bits per heavy atom. The summed E-state index contributed by atoms with van der Waals surface area (Å²) in [6.07, 6.45) is 5.46. The van der Waals surface area contributed by atoms with E-state index in [2.05, 4.69) is 30.7 Å². The summed E-state index contributed by atoms with van der Waals surface area (Å²) in [6.45, 7) is 1.49. The normalized spacial score (nSPS) is 16.4. The van der Waals surface area contributed by atoms with Crippen molar-refractivity contribution in [2.45, 2.75) is 31.2 Å². The molecule has 2 N–H and O–H groups in total. The lowest BCUT2D eigenvalue weighted by Gasteiger charge is -2.36. The van der Waals surface area contributed by atoms with Crippen LogP contribution in [0.5, 0.6) is 0 Å². The topological polar surface area (TPSA) is 111 Å². The molecule has 0 spiro atoms. The molecule has 1 amide bonds. The molecule has 0 bridgehead atoms. The molecule has 2 aromatic rings. The van der Waals surface area contributed by atoms with Gasteiger partial charge in [0.2, 0.25) is 5.13 Å². The van der Waals surface area contributed by atoms with Crippen molar-refractivity contribution >= 4 is 28.3 Å². The van der Waals surface area contributed by atoms with Gasteiger partial charge in [0.15, 0.2) is 0 Å². The maximum Gasteiger partial charge on any atom is 0.305 e. The number of carbonyl (C=O) groups excluding carboxylic acids is 2. The fourth-order valence-electron chi connectivity index (χ4n) is 2.85. The third-order valence-corrected chi connectivity index (χ3v) is 5.15. The molecule has 1 saturated heterocycles. The summed E-state index contributed by atoms with van der Waals surface area (Å²) in [5.41, 5.74) is -0.730. The molecule has 0 aliphatic carbocycles. The number of nitrogens with one attached hydrogen (secondary N) is 2. The molecule has 0 radical (unpaired) electrons. The van der Waals surface area contributed by atoms with Crippen LogP contribution in [0.3, 0.4) is 0 Å². The highest BCUT2D eigenvalue weighted by atomic mass is 32.1. The van der Waals surface area contributed by atoms with E-state index in [1.165, 1.54) is 18.4 Å². The maximum absolute atomic E-state index is 13.0. The lowest BCUT2D eigenvalue weighted by molar-refractivity contribution is -0.140. The van der Waals surface area contributed by atoms with Crippen LogP contribution in [-0.4, -0.2) is 52.1 Å². The van der Waals surface area contributed by atoms with Crippen LogP contribution in [0.1, 0.15) is 24.3 Å². The molecule has 3 rings (SSSR count). The third-order valence-electron chi connectivity index (χ3n) is 4.25. The smallest absolute Gasteiger partial charge is 0.305 e. The lowest BCUT2D eigenvalue weighted by atomic mass is 9.87. The molecular formula is C15H20N6O3S. The van der Waals surface area contributed by atoms with E-state index in [0.717, 1.165) is 13.1 Å². The van der Waals surface area contributed by atoms with Gasteiger partial charge in [0.05, 0.1) is 13.5 Å². The number of ether oxygens (including phenoxy) is 1. The van der Waals surface area contributed by atoms with Crippen molar-refractivity contribution in [1.29, 1.82) is 0 Å². The van der Waals surface area contributed by atoms with Gasteiger partial charge in [0, 0.05) is 18.8 Å². The fourth-order valence-corrected chi connectivity index (χ4v) is 3.59. The minimum atomic E-state index is -0.730. The van der Waals surface area contributed by atoms with Gasteiger partial charge in [-0.3, -0.25) is 19.6 Å². The Hall–Kier alpha value is -2.33. The highest BCUT2D eigenvalue weighted by molar-refractivity contribution is 7.15. The summed E-state index contributed by atoms with van der Waals surface area (Å²) in [4.78, 5) is 24.2. The zero-order chi connectivity index (χ0) is 17.7. The Morgan fingerprint density at radius 3 is 2.88 bits per heavy atom. The molecule has 1 aliphatic heterocycles. The van der Waals surface area contributed by atoms with Crippen molar-refractivity contribution < 1.29 is 14.3 Å². The molecular weight excluding hydrogens is 344 g/mol. The maximum atomic E-state index is 13.0. The quantitative estimate of drug-likeness (QED) is 0.720. The second kappa shape index (κ2) is 7.70. The number of nitrogens with zero attached hydrogens (tertiary/aromatic N) is 4. The first-order valence-electron chi connectivity index (χ1n) is 8.05. The van der Waals surface area contributed by atoms with Crippen molar-refractivity contribution in [3.8, 4) is 0 Å². The summed E-state index contributed by atoms with van der Waals surface area (Å²) < 4.78 is 6.33. The van der Waals surface area contributed by atoms with Gasteiger partial charge >= 0.3 is 5.97 Å². The van der Waals surface area contributed by atoms with Gasteiger partial charge in [-0.15, -0.1) is 10.2 Å². The second-order valence-electron chi connectivity index (χ2n) is 5.76. The molecule has 25 heavy (non-hydrogen) atoms. The van der Waals surface area contributed by atoms with Crippen molar-refractivity contribution in [2.75, 3.05) is 25.5 Å². The Balaban J connectivity index is 1.70. The minimum Gasteiger partial charge on any atom is -0.469 e. The monoisotopic (exact) mass is 364 g/mol. The van der Waals surface area contributed by atoms with Crippen LogP contribution in [0.25, 0.3) is 0 Å². The van der Waals surface area contributed by atoms with Crippen molar-refractivity contribution in [1.82, 2.24) is 25.3 Å². The molecule has 0 unspecified atom stereocenters. The molecule has 134 valence electrons. The second-order valence-corrected chi connectivity index (χ2v) is 6.83. The predicted octanol–water partition coefficient (Wildman–Crippen LogP) is 0.558. The Bertz CT molecular complexity index is 723. The SMILES string of the molecule is COC(=O)CCc1nnc(NC(=O)C2(n3cccn3)CCNCC2)s1. The van der Waals surface area contributed by atoms with Gasteiger partial charge in [0.1, 0.15) is 10.5 Å². The van der Waals surface area contributed by atoms with Gasteiger partial charge < -0.3 is 10.1 Å². The number of esters is 1. The average Bonchev–Trinajstić information content (AvgIpc) is 3.32. The molecule has 0 aromatic carbocycles. The first kappa shape index (κ1) is 17.5. The average molecular weight is 364 g/mol. The standard InChI is InChI=1S/C15H20N6O3S/c1-24-12(22)4-3-11-19-20-14(25-11)18-13(23)15(5-8-16-9-6-15)21-10-2-7-17-21/h2,7,10,16H,3-6,8-9H2,1H3,(H,18,20,23). The summed E-state index contributed by atoms with van der Waals surface area (Å²) in [6, 6.07) is 1.81. The number of rotatable bonds is 6. The number of aryl methyl sites for hydroxylation is 1. The highest BCUT2D eigenvalue weighted by Crippen LogP contribution is 2.29. The van der Waals surface area contributed by atoms with Crippen LogP contribution in [0.15, 0.2) is 18.5 Å². The highest BCUT2D eigenvalue weighted by Gasteiger charge is 2.42. The van der Waals surface area contributed by atoms with Crippen molar-refractivity contribution in [2.24, 2.45) is 0 Å². The van der Waals surface area contributed by atoms with E-state index in [4.69, 9.17) is 0 Å². The van der Waals surface area contributed by atoms with Crippen LogP contribution in [0, 0.1) is 0 Å². The fraction of sp³-hybridized carbons (Fsp3) is 0.533. The van der Waals surface area contributed by atoms with E-state index < -0.39 is 5.54 Å². The van der Waals surface area contributed by atoms with Crippen LogP contribution < -0.4 is 10.6 Å². The number of hydrogen-bond donors (Lipinski definition) is 2. The van der Waals surface area contributed by atoms with E-state index in [-0.39, 0.29) is 18.3 Å². The minimum absolute atomic E-state index is 0.145. The zero-order valence-corrected chi connectivity index (χ0v) is 14.7. The Kier molecular flexibility index (Phi) is 5.39.